The third kappa shape index (κ3) is 1.26. The normalized spacial score (nSPS) is 10.0. The van der Waals surface area contributed by atoms with Crippen molar-refractivity contribution in [3.05, 3.63) is 35.0 Å². The van der Waals surface area contributed by atoms with E-state index in [1.165, 1.54) is 6.20 Å². The van der Waals surface area contributed by atoms with Crippen molar-refractivity contribution in [2.24, 2.45) is 0 Å². The molecule has 1 heterocycles. The van der Waals surface area contributed by atoms with Gasteiger partial charge in [0.25, 0.3) is 0 Å². The van der Waals surface area contributed by atoms with Crippen molar-refractivity contribution < 1.29 is 0 Å². The van der Waals surface area contributed by atoms with E-state index in [-0.39, 0.29) is 0 Å². The number of nitrogens with two attached hydrogens (primary N) is 1. The van der Waals surface area contributed by atoms with Gasteiger partial charge in [0.05, 0.1) is 16.2 Å². The van der Waals surface area contributed by atoms with Crippen LogP contribution in [0.15, 0.2) is 24.4 Å². The summed E-state index contributed by atoms with van der Waals surface area (Å²) in [5.74, 6) is 0. The number of halogens is 1. The molecule has 0 aliphatic rings. The molecule has 0 radical (unpaired) electrons. The summed E-state index contributed by atoms with van der Waals surface area (Å²) in [5, 5.41) is 10.3. The second kappa shape index (κ2) is 3.17. The van der Waals surface area contributed by atoms with Gasteiger partial charge in [-0.1, -0.05) is 17.7 Å². The Balaban J connectivity index is 2.90. The van der Waals surface area contributed by atoms with E-state index < -0.39 is 0 Å². The third-order valence-corrected chi connectivity index (χ3v) is 2.17. The molecule has 1 aromatic heterocycles. The van der Waals surface area contributed by atoms with E-state index >= 15 is 0 Å². The quantitative estimate of drug-likeness (QED) is 0.669. The van der Waals surface area contributed by atoms with Gasteiger partial charge in [-0.15, -0.1) is 0 Å². The van der Waals surface area contributed by atoms with Crippen molar-refractivity contribution in [1.29, 1.82) is 5.26 Å². The number of pyridine rings is 1. The summed E-state index contributed by atoms with van der Waals surface area (Å²) in [4.78, 5) is 4.08. The number of hydrogen-bond donors (Lipinski definition) is 1. The minimum absolute atomic E-state index is 0.402. The highest BCUT2D eigenvalue weighted by Gasteiger charge is 2.05. The number of benzene rings is 1. The number of hydrogen-bond acceptors (Lipinski definition) is 3. The van der Waals surface area contributed by atoms with Gasteiger partial charge in [0, 0.05) is 11.6 Å². The molecule has 14 heavy (non-hydrogen) atoms. The van der Waals surface area contributed by atoms with Crippen LogP contribution in [-0.2, 0) is 0 Å². The molecule has 0 aliphatic carbocycles. The molecule has 0 amide bonds. The highest BCUT2D eigenvalue weighted by atomic mass is 35.5. The van der Waals surface area contributed by atoms with Crippen molar-refractivity contribution in [1.82, 2.24) is 4.98 Å². The summed E-state index contributed by atoms with van der Waals surface area (Å²) in [5.41, 5.74) is 7.08. The van der Waals surface area contributed by atoms with Gasteiger partial charge in [0.15, 0.2) is 0 Å². The van der Waals surface area contributed by atoms with Crippen LogP contribution in [0.5, 0.6) is 0 Å². The molecule has 0 atom stereocenters. The molecule has 2 aromatic rings. The molecule has 0 saturated carbocycles. The highest BCUT2D eigenvalue weighted by Crippen LogP contribution is 2.23. The molecule has 0 saturated heterocycles. The first-order valence-corrected chi connectivity index (χ1v) is 4.34. The Hall–Kier alpha value is -1.79. The molecule has 1 aromatic carbocycles. The van der Waals surface area contributed by atoms with Gasteiger partial charge in [-0.2, -0.15) is 5.26 Å². The van der Waals surface area contributed by atoms with E-state index in [4.69, 9.17) is 22.6 Å². The lowest BCUT2D eigenvalue weighted by Crippen LogP contribution is -1.92. The summed E-state index contributed by atoms with van der Waals surface area (Å²) in [6.45, 7) is 0. The first-order valence-electron chi connectivity index (χ1n) is 3.96. The van der Waals surface area contributed by atoms with Crippen LogP contribution in [0.25, 0.3) is 10.9 Å². The summed E-state index contributed by atoms with van der Waals surface area (Å²) in [6.07, 6.45) is 1.50. The number of nitrogens with zero attached hydrogens (tertiary/aromatic N) is 2. The zero-order chi connectivity index (χ0) is 10.1. The Morgan fingerprint density at radius 3 is 2.93 bits per heavy atom. The van der Waals surface area contributed by atoms with E-state index in [0.717, 1.165) is 5.39 Å². The van der Waals surface area contributed by atoms with E-state index in [2.05, 4.69) is 4.98 Å². The molecular weight excluding hydrogens is 198 g/mol. The molecule has 0 spiro atoms. The van der Waals surface area contributed by atoms with Gasteiger partial charge in [0.1, 0.15) is 11.6 Å². The van der Waals surface area contributed by atoms with E-state index in [1.807, 2.05) is 6.07 Å². The van der Waals surface area contributed by atoms with Gasteiger partial charge in [-0.3, -0.25) is 4.98 Å². The molecule has 0 fully saturated rings. The van der Waals surface area contributed by atoms with Gasteiger partial charge in [-0.05, 0) is 12.1 Å². The maximum absolute atomic E-state index is 8.88. The van der Waals surface area contributed by atoms with Crippen molar-refractivity contribution in [2.45, 2.75) is 0 Å². The van der Waals surface area contributed by atoms with Gasteiger partial charge in [0.2, 0.25) is 0 Å². The summed E-state index contributed by atoms with van der Waals surface area (Å²) >= 11 is 5.78. The lowest BCUT2D eigenvalue weighted by molar-refractivity contribution is 1.39. The van der Waals surface area contributed by atoms with Crippen LogP contribution < -0.4 is 5.73 Å². The topological polar surface area (TPSA) is 62.7 Å². The number of nitrogen functional groups attached to an aromatic ring is 1. The Kier molecular flexibility index (Phi) is 1.99. The SMILES string of the molecule is N#Cc1c(N)ccc2cc(Cl)cnc12. The number of nitriles is 1. The summed E-state index contributed by atoms with van der Waals surface area (Å²) in [6, 6.07) is 7.26. The molecule has 0 bridgehead atoms. The Morgan fingerprint density at radius 2 is 2.21 bits per heavy atom. The number of aromatic nitrogens is 1. The predicted molar refractivity (Wildman–Crippen MR) is 55.9 cm³/mol. The molecule has 4 heteroatoms. The van der Waals surface area contributed by atoms with Gasteiger partial charge < -0.3 is 5.73 Å². The third-order valence-electron chi connectivity index (χ3n) is 1.96. The van der Waals surface area contributed by atoms with Crippen LogP contribution in [0.1, 0.15) is 5.56 Å². The second-order valence-corrected chi connectivity index (χ2v) is 3.30. The van der Waals surface area contributed by atoms with Crippen LogP contribution in [0.4, 0.5) is 5.69 Å². The standard InChI is InChI=1S/C10H6ClN3/c11-7-3-6-1-2-9(13)8(4-12)10(6)14-5-7/h1-3,5H,13H2. The van der Waals surface area contributed by atoms with Crippen molar-refractivity contribution in [3.63, 3.8) is 0 Å². The van der Waals surface area contributed by atoms with Crippen LogP contribution >= 0.6 is 11.6 Å². The fourth-order valence-corrected chi connectivity index (χ4v) is 1.47. The second-order valence-electron chi connectivity index (χ2n) is 2.87. The number of rotatable bonds is 0. The fourth-order valence-electron chi connectivity index (χ4n) is 1.31. The average Bonchev–Trinajstić information content (AvgIpc) is 2.18. The molecule has 68 valence electrons. The number of anilines is 1. The fraction of sp³-hybridized carbons (Fsp3) is 0. The average molecular weight is 204 g/mol. The predicted octanol–water partition coefficient (Wildman–Crippen LogP) is 2.34. The smallest absolute Gasteiger partial charge is 0.104 e. The van der Waals surface area contributed by atoms with Crippen LogP contribution in [0, 0.1) is 11.3 Å². The van der Waals surface area contributed by atoms with Gasteiger partial charge in [-0.25, -0.2) is 0 Å². The minimum atomic E-state index is 0.402. The van der Waals surface area contributed by atoms with E-state index in [1.54, 1.807) is 18.2 Å². The summed E-state index contributed by atoms with van der Waals surface area (Å²) < 4.78 is 0. The zero-order valence-electron chi connectivity index (χ0n) is 7.16. The lowest BCUT2D eigenvalue weighted by atomic mass is 10.1. The van der Waals surface area contributed by atoms with Crippen LogP contribution in [0.3, 0.4) is 0 Å². The zero-order valence-corrected chi connectivity index (χ0v) is 7.92. The maximum Gasteiger partial charge on any atom is 0.104 e. The summed E-state index contributed by atoms with van der Waals surface area (Å²) in [7, 11) is 0. The Labute approximate surface area is 85.7 Å². The molecule has 2 N–H and O–H groups in total. The van der Waals surface area contributed by atoms with Crippen molar-refractivity contribution in [2.75, 3.05) is 5.73 Å². The molecule has 3 nitrogen and oxygen atoms in total. The molecule has 0 unspecified atom stereocenters. The van der Waals surface area contributed by atoms with Gasteiger partial charge >= 0.3 is 0 Å². The monoisotopic (exact) mass is 203 g/mol. The van der Waals surface area contributed by atoms with Crippen LogP contribution in [0.2, 0.25) is 5.02 Å². The van der Waals surface area contributed by atoms with Crippen LogP contribution in [-0.4, -0.2) is 4.98 Å². The maximum atomic E-state index is 8.88. The Morgan fingerprint density at radius 1 is 1.43 bits per heavy atom. The minimum Gasteiger partial charge on any atom is -0.398 e. The lowest BCUT2D eigenvalue weighted by Gasteiger charge is -2.02. The first-order chi connectivity index (χ1) is 6.72. The highest BCUT2D eigenvalue weighted by molar-refractivity contribution is 6.31. The molecular formula is C10H6ClN3. The van der Waals surface area contributed by atoms with E-state index in [0.29, 0.717) is 21.8 Å². The van der Waals surface area contributed by atoms with E-state index in [9.17, 15) is 0 Å². The number of fused-ring (bicyclic) bond motifs is 1. The van der Waals surface area contributed by atoms with Crippen molar-refractivity contribution >= 4 is 28.2 Å². The van der Waals surface area contributed by atoms with Crippen molar-refractivity contribution in [3.8, 4) is 6.07 Å². The molecule has 2 rings (SSSR count). The first kappa shape index (κ1) is 8.79. The molecule has 0 aliphatic heterocycles. The largest absolute Gasteiger partial charge is 0.398 e. The Bertz CT molecular complexity index is 543.